The highest BCUT2D eigenvalue weighted by atomic mass is 32.2. The summed E-state index contributed by atoms with van der Waals surface area (Å²) in [7, 11) is 0. The van der Waals surface area contributed by atoms with Gasteiger partial charge in [0.05, 0.1) is 0 Å². The lowest BCUT2D eigenvalue weighted by Gasteiger charge is -2.32. The van der Waals surface area contributed by atoms with Crippen LogP contribution in [0.4, 0.5) is 0 Å². The van der Waals surface area contributed by atoms with Crippen LogP contribution in [0.3, 0.4) is 0 Å². The van der Waals surface area contributed by atoms with Gasteiger partial charge in [0.15, 0.2) is 0 Å². The molecule has 1 aliphatic rings. The average Bonchev–Trinajstić information content (AvgIpc) is 2.04. The molecule has 3 heteroatoms. The molecule has 2 unspecified atom stereocenters. The molecule has 0 aromatic rings. The lowest BCUT2D eigenvalue weighted by molar-refractivity contribution is 0.195. The predicted molar refractivity (Wildman–Crippen MR) is 54.6 cm³/mol. The van der Waals surface area contributed by atoms with Crippen LogP contribution >= 0.6 is 11.8 Å². The van der Waals surface area contributed by atoms with E-state index in [1.165, 1.54) is 12.2 Å². The van der Waals surface area contributed by atoms with Crippen molar-refractivity contribution in [2.75, 3.05) is 18.1 Å². The number of hydrogen-bond donors (Lipinski definition) is 2. The van der Waals surface area contributed by atoms with Crippen LogP contribution in [0.25, 0.3) is 0 Å². The summed E-state index contributed by atoms with van der Waals surface area (Å²) >= 11 is 1.96. The van der Waals surface area contributed by atoms with Gasteiger partial charge in [-0.2, -0.15) is 11.8 Å². The van der Waals surface area contributed by atoms with Gasteiger partial charge in [-0.15, -0.1) is 0 Å². The monoisotopic (exact) mass is 189 g/mol. The molecule has 1 heterocycles. The Kier molecular flexibility index (Phi) is 4.40. The molecule has 0 radical (unpaired) electrons. The van der Waals surface area contributed by atoms with Crippen LogP contribution in [0.15, 0.2) is 0 Å². The third kappa shape index (κ3) is 2.96. The first-order valence-corrected chi connectivity index (χ1v) is 5.84. The Bertz CT molecular complexity index is 130. The highest BCUT2D eigenvalue weighted by Crippen LogP contribution is 2.23. The lowest BCUT2D eigenvalue weighted by Crippen LogP contribution is -2.45. The average molecular weight is 189 g/mol. The first-order chi connectivity index (χ1) is 5.74. The standard InChI is InChI=1S/C9H19NOS/c1-7(2)10-9-3-4-12-6-8(9)5-11/h7-11H,3-6H2,1-2H3. The minimum atomic E-state index is 0.331. The molecule has 1 saturated heterocycles. The summed E-state index contributed by atoms with van der Waals surface area (Å²) in [6.45, 7) is 4.66. The van der Waals surface area contributed by atoms with Gasteiger partial charge >= 0.3 is 0 Å². The SMILES string of the molecule is CC(C)NC1CCSCC1CO. The number of hydrogen-bond acceptors (Lipinski definition) is 3. The van der Waals surface area contributed by atoms with Crippen LogP contribution in [0.1, 0.15) is 20.3 Å². The molecular formula is C9H19NOS. The van der Waals surface area contributed by atoms with E-state index >= 15 is 0 Å². The van der Waals surface area contributed by atoms with E-state index in [-0.39, 0.29) is 0 Å². The van der Waals surface area contributed by atoms with Crippen LogP contribution in [0, 0.1) is 5.92 Å². The first kappa shape index (κ1) is 10.4. The van der Waals surface area contributed by atoms with Crippen molar-refractivity contribution < 1.29 is 5.11 Å². The summed E-state index contributed by atoms with van der Waals surface area (Å²) < 4.78 is 0. The second-order valence-corrected chi connectivity index (χ2v) is 4.88. The predicted octanol–water partition coefficient (Wildman–Crippen LogP) is 1.10. The van der Waals surface area contributed by atoms with Crippen LogP contribution < -0.4 is 5.32 Å². The highest BCUT2D eigenvalue weighted by molar-refractivity contribution is 7.99. The maximum atomic E-state index is 9.12. The van der Waals surface area contributed by atoms with Crippen molar-refractivity contribution in [3.8, 4) is 0 Å². The maximum Gasteiger partial charge on any atom is 0.0482 e. The Morgan fingerprint density at radius 1 is 1.58 bits per heavy atom. The Labute approximate surface area is 79.1 Å². The summed E-state index contributed by atoms with van der Waals surface area (Å²) in [4.78, 5) is 0. The van der Waals surface area contributed by atoms with Crippen LogP contribution in [-0.2, 0) is 0 Å². The van der Waals surface area contributed by atoms with Crippen molar-refractivity contribution in [2.24, 2.45) is 5.92 Å². The molecule has 1 aliphatic heterocycles. The van der Waals surface area contributed by atoms with Gasteiger partial charge in [0.1, 0.15) is 0 Å². The molecule has 0 saturated carbocycles. The number of aliphatic hydroxyl groups excluding tert-OH is 1. The number of rotatable bonds is 3. The van der Waals surface area contributed by atoms with Crippen LogP contribution in [0.5, 0.6) is 0 Å². The van der Waals surface area contributed by atoms with E-state index in [1.807, 2.05) is 11.8 Å². The molecule has 12 heavy (non-hydrogen) atoms. The van der Waals surface area contributed by atoms with E-state index in [2.05, 4.69) is 19.2 Å². The van der Waals surface area contributed by atoms with Crippen molar-refractivity contribution in [2.45, 2.75) is 32.4 Å². The first-order valence-electron chi connectivity index (χ1n) is 4.68. The molecule has 0 aromatic carbocycles. The van der Waals surface area contributed by atoms with E-state index in [4.69, 9.17) is 5.11 Å². The highest BCUT2D eigenvalue weighted by Gasteiger charge is 2.24. The zero-order chi connectivity index (χ0) is 8.97. The van der Waals surface area contributed by atoms with Crippen LogP contribution in [0.2, 0.25) is 0 Å². The van der Waals surface area contributed by atoms with Gasteiger partial charge in [0, 0.05) is 24.6 Å². The summed E-state index contributed by atoms with van der Waals surface area (Å²) in [5, 5.41) is 12.6. The molecule has 0 aromatic heterocycles. The van der Waals surface area contributed by atoms with Crippen LogP contribution in [-0.4, -0.2) is 35.3 Å². The van der Waals surface area contributed by atoms with Crippen molar-refractivity contribution in [1.29, 1.82) is 0 Å². The molecule has 1 fully saturated rings. The Morgan fingerprint density at radius 3 is 2.92 bits per heavy atom. The molecule has 2 N–H and O–H groups in total. The third-order valence-electron chi connectivity index (χ3n) is 2.26. The number of aliphatic hydroxyl groups is 1. The van der Waals surface area contributed by atoms with Crippen molar-refractivity contribution in [3.05, 3.63) is 0 Å². The summed E-state index contributed by atoms with van der Waals surface area (Å²) in [6, 6.07) is 1.07. The fourth-order valence-corrected chi connectivity index (χ4v) is 2.85. The lowest BCUT2D eigenvalue weighted by atomic mass is 9.99. The summed E-state index contributed by atoms with van der Waals surface area (Å²) in [5.74, 6) is 2.81. The zero-order valence-electron chi connectivity index (χ0n) is 7.92. The second kappa shape index (κ2) is 5.10. The Balaban J connectivity index is 2.36. The second-order valence-electron chi connectivity index (χ2n) is 3.73. The van der Waals surface area contributed by atoms with Crippen molar-refractivity contribution >= 4 is 11.8 Å². The molecule has 0 spiro atoms. The number of nitrogens with one attached hydrogen (secondary N) is 1. The van der Waals surface area contributed by atoms with Gasteiger partial charge in [-0.05, 0) is 17.9 Å². The molecule has 1 rings (SSSR count). The largest absolute Gasteiger partial charge is 0.396 e. The van der Waals surface area contributed by atoms with Gasteiger partial charge in [0.2, 0.25) is 0 Å². The van der Waals surface area contributed by atoms with E-state index in [0.717, 1.165) is 5.75 Å². The Hall–Kier alpha value is 0.270. The summed E-state index contributed by atoms with van der Waals surface area (Å²) in [6.07, 6.45) is 1.20. The van der Waals surface area contributed by atoms with E-state index in [9.17, 15) is 0 Å². The minimum Gasteiger partial charge on any atom is -0.396 e. The third-order valence-corrected chi connectivity index (χ3v) is 3.44. The topological polar surface area (TPSA) is 32.3 Å². The molecule has 0 bridgehead atoms. The van der Waals surface area contributed by atoms with Gasteiger partial charge in [-0.25, -0.2) is 0 Å². The molecule has 2 nitrogen and oxygen atoms in total. The normalized spacial score (nSPS) is 31.0. The molecule has 0 amide bonds. The van der Waals surface area contributed by atoms with Gasteiger partial charge in [0.25, 0.3) is 0 Å². The zero-order valence-corrected chi connectivity index (χ0v) is 8.73. The Morgan fingerprint density at radius 2 is 2.33 bits per heavy atom. The maximum absolute atomic E-state index is 9.12. The van der Waals surface area contributed by atoms with E-state index < -0.39 is 0 Å². The molecule has 0 aliphatic carbocycles. The molecule has 2 atom stereocenters. The molecular weight excluding hydrogens is 170 g/mol. The minimum absolute atomic E-state index is 0.331. The van der Waals surface area contributed by atoms with Crippen molar-refractivity contribution in [3.63, 3.8) is 0 Å². The smallest absolute Gasteiger partial charge is 0.0482 e. The fourth-order valence-electron chi connectivity index (χ4n) is 1.62. The number of thioether (sulfide) groups is 1. The van der Waals surface area contributed by atoms with Gasteiger partial charge < -0.3 is 10.4 Å². The fraction of sp³-hybridized carbons (Fsp3) is 1.00. The van der Waals surface area contributed by atoms with Gasteiger partial charge in [-0.3, -0.25) is 0 Å². The van der Waals surface area contributed by atoms with Crippen molar-refractivity contribution in [1.82, 2.24) is 5.32 Å². The quantitative estimate of drug-likeness (QED) is 0.697. The molecule has 72 valence electrons. The summed E-state index contributed by atoms with van der Waals surface area (Å²) in [5.41, 5.74) is 0. The van der Waals surface area contributed by atoms with E-state index in [1.54, 1.807) is 0 Å². The van der Waals surface area contributed by atoms with Gasteiger partial charge in [-0.1, -0.05) is 13.8 Å². The van der Waals surface area contributed by atoms with E-state index in [0.29, 0.717) is 24.6 Å².